The van der Waals surface area contributed by atoms with Gasteiger partial charge in [0.15, 0.2) is 0 Å². The molecule has 3 heteroatoms. The maximum Gasteiger partial charge on any atom is 0.0504 e. The van der Waals surface area contributed by atoms with Crippen molar-refractivity contribution >= 4 is 34.4 Å². The fourth-order valence-electron chi connectivity index (χ4n) is 2.66. The molecule has 1 aliphatic heterocycles. The maximum absolute atomic E-state index is 2.42. The van der Waals surface area contributed by atoms with Gasteiger partial charge in [0, 0.05) is 35.4 Å². The summed E-state index contributed by atoms with van der Waals surface area (Å²) in [6.45, 7) is 10.7. The Balaban J connectivity index is 2.14. The lowest BCUT2D eigenvalue weighted by Crippen LogP contribution is -2.24. The van der Waals surface area contributed by atoms with Crippen molar-refractivity contribution in [1.29, 1.82) is 0 Å². The van der Waals surface area contributed by atoms with E-state index >= 15 is 0 Å². The van der Waals surface area contributed by atoms with Crippen LogP contribution in [0.4, 0.5) is 5.69 Å². The fourth-order valence-corrected chi connectivity index (χ4v) is 3.44. The summed E-state index contributed by atoms with van der Waals surface area (Å²) < 4.78 is 1.31. The van der Waals surface area contributed by atoms with E-state index < -0.39 is 0 Å². The smallest absolute Gasteiger partial charge is 0.0504 e. The highest BCUT2D eigenvalue weighted by atomic mass is 127. The summed E-state index contributed by atoms with van der Waals surface area (Å²) in [6, 6.07) is 8.83. The van der Waals surface area contributed by atoms with Gasteiger partial charge in [-0.2, -0.15) is 0 Å². The van der Waals surface area contributed by atoms with Crippen molar-refractivity contribution in [3.63, 3.8) is 0 Å². The first kappa shape index (κ1) is 17.1. The molecule has 1 aromatic rings. The molecule has 2 nitrogen and oxygen atoms in total. The molecule has 2 rings (SSSR count). The van der Waals surface area contributed by atoms with Gasteiger partial charge in [0.25, 0.3) is 0 Å². The molecule has 0 saturated carbocycles. The summed E-state index contributed by atoms with van der Waals surface area (Å²) in [4.78, 5) is 4.76. The number of anilines is 1. The van der Waals surface area contributed by atoms with Crippen LogP contribution in [0, 0.1) is 0 Å². The largest absolute Gasteiger partial charge is 0.372 e. The van der Waals surface area contributed by atoms with E-state index in [1.165, 1.54) is 20.5 Å². The molecular weight excluding hydrogens is 383 g/mol. The molecule has 1 heterocycles. The van der Waals surface area contributed by atoms with Crippen molar-refractivity contribution in [2.24, 2.45) is 0 Å². The number of hydrogen-bond donors (Lipinski definition) is 0. The SMILES string of the molecule is CCN1CC=CC(I)=C1C=Cc1ccc(N(CC)CC)cc1. The Morgan fingerprint density at radius 2 is 1.77 bits per heavy atom. The predicted molar refractivity (Wildman–Crippen MR) is 106 cm³/mol. The van der Waals surface area contributed by atoms with E-state index in [2.05, 4.69) is 102 Å². The third-order valence-electron chi connectivity index (χ3n) is 4.01. The molecule has 118 valence electrons. The van der Waals surface area contributed by atoms with Crippen LogP contribution in [0.5, 0.6) is 0 Å². The van der Waals surface area contributed by atoms with Crippen molar-refractivity contribution in [3.05, 3.63) is 57.3 Å². The first-order chi connectivity index (χ1) is 10.7. The fraction of sp³-hybridized carbons (Fsp3) is 0.368. The van der Waals surface area contributed by atoms with Crippen LogP contribution in [0.1, 0.15) is 26.3 Å². The van der Waals surface area contributed by atoms with Crippen molar-refractivity contribution < 1.29 is 0 Å². The molecule has 0 amide bonds. The van der Waals surface area contributed by atoms with Crippen LogP contribution >= 0.6 is 22.6 Å². The van der Waals surface area contributed by atoms with Gasteiger partial charge in [0.05, 0.1) is 5.70 Å². The topological polar surface area (TPSA) is 6.48 Å². The van der Waals surface area contributed by atoms with Gasteiger partial charge >= 0.3 is 0 Å². The van der Waals surface area contributed by atoms with E-state index in [4.69, 9.17) is 0 Å². The number of hydrogen-bond acceptors (Lipinski definition) is 2. The lowest BCUT2D eigenvalue weighted by atomic mass is 10.1. The molecule has 0 radical (unpaired) electrons. The number of rotatable bonds is 6. The van der Waals surface area contributed by atoms with Crippen molar-refractivity contribution in [1.82, 2.24) is 4.90 Å². The molecule has 22 heavy (non-hydrogen) atoms. The quantitative estimate of drug-likeness (QED) is 0.606. The molecule has 1 aromatic carbocycles. The molecular formula is C19H25IN2. The first-order valence-corrected chi connectivity index (χ1v) is 9.11. The van der Waals surface area contributed by atoms with Gasteiger partial charge in [-0.25, -0.2) is 0 Å². The highest BCUT2D eigenvalue weighted by molar-refractivity contribution is 14.1. The second-order valence-electron chi connectivity index (χ2n) is 5.27. The summed E-state index contributed by atoms with van der Waals surface area (Å²) in [5, 5.41) is 0. The van der Waals surface area contributed by atoms with Crippen molar-refractivity contribution in [2.45, 2.75) is 20.8 Å². The Morgan fingerprint density at radius 3 is 2.36 bits per heavy atom. The predicted octanol–water partition coefficient (Wildman–Crippen LogP) is 5.08. The van der Waals surface area contributed by atoms with E-state index in [1.54, 1.807) is 0 Å². The molecule has 0 unspecified atom stereocenters. The molecule has 0 bridgehead atoms. The number of allylic oxidation sites excluding steroid dienone is 3. The van der Waals surface area contributed by atoms with Crippen LogP contribution in [0.2, 0.25) is 0 Å². The average Bonchev–Trinajstić information content (AvgIpc) is 2.56. The zero-order chi connectivity index (χ0) is 15.9. The summed E-state index contributed by atoms with van der Waals surface area (Å²) in [5.41, 5.74) is 3.86. The van der Waals surface area contributed by atoms with E-state index in [9.17, 15) is 0 Å². The normalized spacial score (nSPS) is 15.0. The van der Waals surface area contributed by atoms with Gasteiger partial charge in [0.2, 0.25) is 0 Å². The Kier molecular flexibility index (Phi) is 6.55. The summed E-state index contributed by atoms with van der Waals surface area (Å²) in [7, 11) is 0. The third-order valence-corrected chi connectivity index (χ3v) is 4.92. The second-order valence-corrected chi connectivity index (χ2v) is 6.43. The zero-order valence-electron chi connectivity index (χ0n) is 13.7. The Hall–Kier alpha value is -1.23. The minimum atomic E-state index is 1.00. The van der Waals surface area contributed by atoms with Crippen LogP contribution in [0.15, 0.2) is 51.8 Å². The molecule has 1 aliphatic rings. The first-order valence-electron chi connectivity index (χ1n) is 8.03. The molecule has 0 aromatic heterocycles. The van der Waals surface area contributed by atoms with Gasteiger partial charge in [-0.1, -0.05) is 24.3 Å². The maximum atomic E-state index is 2.42. The Labute approximate surface area is 148 Å². The molecule has 0 atom stereocenters. The van der Waals surface area contributed by atoms with Gasteiger partial charge in [-0.05, 0) is 73.2 Å². The number of benzene rings is 1. The lowest BCUT2D eigenvalue weighted by molar-refractivity contribution is 0.410. The van der Waals surface area contributed by atoms with E-state index in [0.29, 0.717) is 0 Å². The zero-order valence-corrected chi connectivity index (χ0v) is 15.9. The van der Waals surface area contributed by atoms with Gasteiger partial charge in [-0.15, -0.1) is 0 Å². The van der Waals surface area contributed by atoms with Crippen LogP contribution in [0.25, 0.3) is 6.08 Å². The molecule has 0 fully saturated rings. The van der Waals surface area contributed by atoms with Crippen molar-refractivity contribution in [2.75, 3.05) is 31.1 Å². The summed E-state index contributed by atoms with van der Waals surface area (Å²) in [5.74, 6) is 0. The van der Waals surface area contributed by atoms with Gasteiger partial charge in [0.1, 0.15) is 0 Å². The van der Waals surface area contributed by atoms with Gasteiger partial charge in [-0.3, -0.25) is 0 Å². The second kappa shape index (κ2) is 8.42. The molecule has 0 N–H and O–H groups in total. The monoisotopic (exact) mass is 408 g/mol. The average molecular weight is 408 g/mol. The highest BCUT2D eigenvalue weighted by Crippen LogP contribution is 2.24. The van der Waals surface area contributed by atoms with Crippen LogP contribution < -0.4 is 4.90 Å². The number of halogens is 1. The van der Waals surface area contributed by atoms with E-state index in [-0.39, 0.29) is 0 Å². The van der Waals surface area contributed by atoms with Gasteiger partial charge < -0.3 is 9.80 Å². The standard InChI is InChI=1S/C19H25IN2/c1-4-21(5-2)17-12-9-16(10-13-17)11-14-19-18(20)8-7-15-22(19)6-3/h7-14H,4-6,15H2,1-3H3. The van der Waals surface area contributed by atoms with E-state index in [0.717, 1.165) is 26.2 Å². The van der Waals surface area contributed by atoms with Crippen LogP contribution in [-0.4, -0.2) is 31.1 Å². The Morgan fingerprint density at radius 1 is 1.09 bits per heavy atom. The number of nitrogens with zero attached hydrogens (tertiary/aromatic N) is 2. The van der Waals surface area contributed by atoms with E-state index in [1.807, 2.05) is 0 Å². The lowest BCUT2D eigenvalue weighted by Gasteiger charge is -2.26. The van der Waals surface area contributed by atoms with Crippen molar-refractivity contribution in [3.8, 4) is 0 Å². The van der Waals surface area contributed by atoms with Crippen LogP contribution in [-0.2, 0) is 0 Å². The molecule has 0 spiro atoms. The minimum absolute atomic E-state index is 1.00. The van der Waals surface area contributed by atoms with Crippen LogP contribution in [0.3, 0.4) is 0 Å². The highest BCUT2D eigenvalue weighted by Gasteiger charge is 2.10. The molecule has 0 saturated heterocycles. The third kappa shape index (κ3) is 4.15. The minimum Gasteiger partial charge on any atom is -0.372 e. The molecule has 0 aliphatic carbocycles. The number of likely N-dealkylation sites (N-methyl/N-ethyl adjacent to an activating group) is 1. The Bertz CT molecular complexity index is 566. The summed E-state index contributed by atoms with van der Waals surface area (Å²) >= 11 is 2.42. The summed E-state index contributed by atoms with van der Waals surface area (Å²) in [6.07, 6.45) is 8.88.